The predicted molar refractivity (Wildman–Crippen MR) is 240 cm³/mol. The summed E-state index contributed by atoms with van der Waals surface area (Å²) in [7, 11) is 0. The number of nitrogens with zero attached hydrogens (tertiary/aromatic N) is 1. The first-order valence-electron chi connectivity index (χ1n) is 20.4. The molecule has 4 heteroatoms. The average molecular weight is 766 g/mol. The molecular formula is C54H39NO2S. The SMILES string of the molecule is C1=CC(N(C2=CCC(C3=C4Oc5ccccc5C4CC=C3)C=C2)c2cccc3c2sc2c(-c4ccccc4)cccc23)C2Oc3cccc(-c4ccccc4)c3C2=C1. The van der Waals surface area contributed by atoms with E-state index in [4.69, 9.17) is 9.47 Å². The minimum atomic E-state index is -0.196. The number of hydrogen-bond donors (Lipinski definition) is 0. The van der Waals surface area contributed by atoms with Crippen LogP contribution in [0.5, 0.6) is 11.5 Å². The van der Waals surface area contributed by atoms with E-state index in [2.05, 4.69) is 193 Å². The molecule has 0 saturated heterocycles. The van der Waals surface area contributed by atoms with Gasteiger partial charge in [-0.25, -0.2) is 0 Å². The second kappa shape index (κ2) is 13.5. The summed E-state index contributed by atoms with van der Waals surface area (Å²) in [5.41, 5.74) is 12.3. The molecular weight excluding hydrogens is 727 g/mol. The van der Waals surface area contributed by atoms with Crippen LogP contribution in [0.25, 0.3) is 48.0 Å². The quantitative estimate of drug-likeness (QED) is 0.168. The minimum Gasteiger partial charge on any atom is -0.483 e. The van der Waals surface area contributed by atoms with E-state index < -0.39 is 0 Å². The number of benzene rings is 6. The second-order valence-electron chi connectivity index (χ2n) is 15.7. The smallest absolute Gasteiger partial charge is 0.149 e. The molecule has 6 aromatic carbocycles. The highest BCUT2D eigenvalue weighted by Gasteiger charge is 2.42. The maximum Gasteiger partial charge on any atom is 0.149 e. The van der Waals surface area contributed by atoms with Gasteiger partial charge in [0.05, 0.1) is 16.4 Å². The molecule has 12 rings (SSSR count). The molecule has 3 nitrogen and oxygen atoms in total. The summed E-state index contributed by atoms with van der Waals surface area (Å²) in [6.07, 6.45) is 20.4. The monoisotopic (exact) mass is 765 g/mol. The molecule has 0 bridgehead atoms. The summed E-state index contributed by atoms with van der Waals surface area (Å²) in [5.74, 6) is 3.57. The summed E-state index contributed by atoms with van der Waals surface area (Å²) < 4.78 is 16.3. The van der Waals surface area contributed by atoms with Crippen LogP contribution in [0.4, 0.5) is 5.69 Å². The van der Waals surface area contributed by atoms with Gasteiger partial charge in [0.1, 0.15) is 23.4 Å². The molecule has 3 heterocycles. The maximum absolute atomic E-state index is 7.08. The Kier molecular flexibility index (Phi) is 7.80. The van der Waals surface area contributed by atoms with Crippen LogP contribution in [-0.2, 0) is 0 Å². The van der Waals surface area contributed by atoms with Gasteiger partial charge in [0.25, 0.3) is 0 Å². The van der Waals surface area contributed by atoms with Gasteiger partial charge in [0.15, 0.2) is 0 Å². The number of ether oxygens (including phenoxy) is 2. The largest absolute Gasteiger partial charge is 0.483 e. The number of hydrogen-bond acceptors (Lipinski definition) is 4. The first-order valence-corrected chi connectivity index (χ1v) is 21.2. The lowest BCUT2D eigenvalue weighted by Crippen LogP contribution is -2.44. The highest BCUT2D eigenvalue weighted by atomic mass is 32.1. The Bertz CT molecular complexity index is 2980. The van der Waals surface area contributed by atoms with E-state index in [-0.39, 0.29) is 24.0 Å². The summed E-state index contributed by atoms with van der Waals surface area (Å²) >= 11 is 1.90. The van der Waals surface area contributed by atoms with Crippen molar-refractivity contribution in [1.82, 2.24) is 0 Å². The van der Waals surface area contributed by atoms with E-state index in [0.717, 1.165) is 30.1 Å². The molecule has 278 valence electrons. The van der Waals surface area contributed by atoms with E-state index in [1.807, 2.05) is 11.3 Å². The zero-order chi connectivity index (χ0) is 38.2. The number of thiophene rings is 1. The van der Waals surface area contributed by atoms with Gasteiger partial charge in [-0.2, -0.15) is 0 Å². The normalized spacial score (nSPS) is 21.2. The molecule has 0 radical (unpaired) electrons. The number of fused-ring (bicyclic) bond motifs is 9. The third kappa shape index (κ3) is 5.25. The van der Waals surface area contributed by atoms with Gasteiger partial charge < -0.3 is 14.4 Å². The standard InChI is InChI=1S/C54H39NO2S/c1-3-14-34(15-4-1)38-19-13-29-49-50(38)45-25-12-26-46(52(45)57-49)55(37-32-30-36(31-33-37)39-20-9-22-42-41-18-7-8-28-48(41)56-51(39)42)47-27-11-24-44-43-23-10-21-40(53(43)58-54(44)47)35-16-5-2-6-17-35/h1-21,23-30,32-33,36,42,46,52H,22,31H2. The first-order chi connectivity index (χ1) is 28.8. The molecule has 4 atom stereocenters. The third-order valence-electron chi connectivity index (χ3n) is 12.5. The van der Waals surface area contributed by atoms with Crippen molar-refractivity contribution < 1.29 is 9.47 Å². The third-order valence-corrected chi connectivity index (χ3v) is 13.8. The lowest BCUT2D eigenvalue weighted by molar-refractivity contribution is 0.257. The van der Waals surface area contributed by atoms with E-state index in [1.165, 1.54) is 76.1 Å². The van der Waals surface area contributed by atoms with Crippen LogP contribution in [-0.4, -0.2) is 12.1 Å². The van der Waals surface area contributed by atoms with Crippen molar-refractivity contribution in [2.45, 2.75) is 30.9 Å². The lowest BCUT2D eigenvalue weighted by atomic mass is 9.82. The number of anilines is 1. The van der Waals surface area contributed by atoms with Crippen LogP contribution in [0.2, 0.25) is 0 Å². The maximum atomic E-state index is 7.08. The van der Waals surface area contributed by atoms with Crippen LogP contribution < -0.4 is 14.4 Å². The molecule has 0 spiro atoms. The molecule has 0 N–H and O–H groups in total. The number of rotatable bonds is 6. The molecule has 3 aliphatic carbocycles. The van der Waals surface area contributed by atoms with Crippen LogP contribution in [0.1, 0.15) is 29.9 Å². The summed E-state index contributed by atoms with van der Waals surface area (Å²) in [4.78, 5) is 2.56. The molecule has 5 aliphatic rings. The van der Waals surface area contributed by atoms with Crippen molar-refractivity contribution in [3.8, 4) is 33.8 Å². The van der Waals surface area contributed by atoms with E-state index >= 15 is 0 Å². The fraction of sp³-hybridized carbons (Fsp3) is 0.111. The predicted octanol–water partition coefficient (Wildman–Crippen LogP) is 13.8. The van der Waals surface area contributed by atoms with Crippen molar-refractivity contribution >= 4 is 42.8 Å². The summed E-state index contributed by atoms with van der Waals surface area (Å²) in [6, 6.07) is 50.0. The first kappa shape index (κ1) is 33.5. The Morgan fingerprint density at radius 2 is 1.34 bits per heavy atom. The molecule has 0 saturated carbocycles. The lowest BCUT2D eigenvalue weighted by Gasteiger charge is -2.39. The van der Waals surface area contributed by atoms with Gasteiger partial charge in [0, 0.05) is 49.7 Å². The van der Waals surface area contributed by atoms with Crippen LogP contribution >= 0.6 is 11.3 Å². The van der Waals surface area contributed by atoms with Crippen molar-refractivity contribution in [2.75, 3.05) is 4.90 Å². The van der Waals surface area contributed by atoms with Gasteiger partial charge in [-0.1, -0.05) is 164 Å². The molecule has 0 fully saturated rings. The van der Waals surface area contributed by atoms with Gasteiger partial charge in [-0.3, -0.25) is 0 Å². The number of allylic oxidation sites excluding steroid dienone is 9. The Labute approximate surface area is 342 Å². The van der Waals surface area contributed by atoms with Crippen LogP contribution in [0.3, 0.4) is 0 Å². The van der Waals surface area contributed by atoms with E-state index in [9.17, 15) is 0 Å². The Balaban J connectivity index is 0.984. The van der Waals surface area contributed by atoms with Crippen molar-refractivity contribution in [2.24, 2.45) is 5.92 Å². The zero-order valence-corrected chi connectivity index (χ0v) is 32.6. The fourth-order valence-electron chi connectivity index (χ4n) is 9.89. The molecule has 1 aromatic heterocycles. The highest BCUT2D eigenvalue weighted by molar-refractivity contribution is 7.27. The van der Waals surface area contributed by atoms with Gasteiger partial charge in [0.2, 0.25) is 0 Å². The fourth-order valence-corrected chi connectivity index (χ4v) is 11.2. The van der Waals surface area contributed by atoms with Crippen LogP contribution in [0.15, 0.2) is 205 Å². The Hall–Kier alpha value is -6.62. The van der Waals surface area contributed by atoms with Crippen molar-refractivity contribution in [1.29, 1.82) is 0 Å². The van der Waals surface area contributed by atoms with E-state index in [0.29, 0.717) is 0 Å². The molecule has 58 heavy (non-hydrogen) atoms. The Morgan fingerprint density at radius 3 is 2.17 bits per heavy atom. The average Bonchev–Trinajstić information content (AvgIpc) is 4.00. The van der Waals surface area contributed by atoms with Crippen LogP contribution in [0, 0.1) is 5.92 Å². The molecule has 2 aliphatic heterocycles. The topological polar surface area (TPSA) is 21.7 Å². The molecule has 7 aromatic rings. The molecule has 4 unspecified atom stereocenters. The number of para-hydroxylation sites is 1. The van der Waals surface area contributed by atoms with Crippen molar-refractivity contribution in [3.05, 3.63) is 216 Å². The highest BCUT2D eigenvalue weighted by Crippen LogP contribution is 2.51. The van der Waals surface area contributed by atoms with Crippen molar-refractivity contribution in [3.63, 3.8) is 0 Å². The minimum absolute atomic E-state index is 0.0958. The Morgan fingerprint density at radius 1 is 0.621 bits per heavy atom. The second-order valence-corrected chi connectivity index (χ2v) is 16.8. The van der Waals surface area contributed by atoms with Gasteiger partial charge in [-0.05, 0) is 64.9 Å². The van der Waals surface area contributed by atoms with E-state index in [1.54, 1.807) is 0 Å². The summed E-state index contributed by atoms with van der Waals surface area (Å²) in [5, 5.41) is 2.57. The molecule has 0 amide bonds. The van der Waals surface area contributed by atoms with Gasteiger partial charge in [-0.15, -0.1) is 11.3 Å². The van der Waals surface area contributed by atoms with Gasteiger partial charge >= 0.3 is 0 Å². The zero-order valence-electron chi connectivity index (χ0n) is 31.8. The summed E-state index contributed by atoms with van der Waals surface area (Å²) in [6.45, 7) is 0.